The summed E-state index contributed by atoms with van der Waals surface area (Å²) in [7, 11) is -7.63. The van der Waals surface area contributed by atoms with Crippen LogP contribution in [0.3, 0.4) is 0 Å². The molecule has 2 rings (SSSR count). The van der Waals surface area contributed by atoms with E-state index in [2.05, 4.69) is 9.44 Å². The van der Waals surface area contributed by atoms with E-state index in [4.69, 9.17) is 9.47 Å². The van der Waals surface area contributed by atoms with E-state index < -0.39 is 26.1 Å². The van der Waals surface area contributed by atoms with Crippen molar-refractivity contribution in [1.82, 2.24) is 9.44 Å². The fraction of sp³-hybridized carbons (Fsp3) is 0.429. The van der Waals surface area contributed by atoms with Gasteiger partial charge in [-0.2, -0.15) is 0 Å². The number of rotatable bonds is 11. The standard InChI is InChI=1S/C21H30N2O6S2/c1-6-28-20-10-8-18(12-15(20)3)30(24,25)22-14-17(5)23-31(26,27)19-9-11-21(29-7-2)16(4)13-19/h8-13,17,22-23H,6-7,14H2,1-5H3/t17-/m1/s1. The van der Waals surface area contributed by atoms with Gasteiger partial charge >= 0.3 is 0 Å². The van der Waals surface area contributed by atoms with E-state index in [1.807, 2.05) is 13.8 Å². The lowest BCUT2D eigenvalue weighted by molar-refractivity contribution is 0.337. The molecule has 2 aromatic rings. The second kappa shape index (κ2) is 10.4. The van der Waals surface area contributed by atoms with Gasteiger partial charge in [0.15, 0.2) is 0 Å². The Balaban J connectivity index is 2.05. The van der Waals surface area contributed by atoms with Gasteiger partial charge in [-0.3, -0.25) is 0 Å². The molecule has 0 radical (unpaired) electrons. The predicted molar refractivity (Wildman–Crippen MR) is 120 cm³/mol. The molecule has 0 spiro atoms. The summed E-state index contributed by atoms with van der Waals surface area (Å²) in [5.74, 6) is 1.24. The Hall–Kier alpha value is -2.14. The number of ether oxygens (including phenoxy) is 2. The van der Waals surface area contributed by atoms with E-state index in [0.29, 0.717) is 35.8 Å². The van der Waals surface area contributed by atoms with Gasteiger partial charge in [0.05, 0.1) is 23.0 Å². The average Bonchev–Trinajstić information content (AvgIpc) is 2.69. The number of benzene rings is 2. The highest BCUT2D eigenvalue weighted by atomic mass is 32.2. The van der Waals surface area contributed by atoms with Gasteiger partial charge in [0, 0.05) is 12.6 Å². The number of hydrogen-bond acceptors (Lipinski definition) is 6. The molecule has 31 heavy (non-hydrogen) atoms. The van der Waals surface area contributed by atoms with E-state index in [9.17, 15) is 16.8 Å². The van der Waals surface area contributed by atoms with Crippen LogP contribution in [-0.2, 0) is 20.0 Å². The van der Waals surface area contributed by atoms with E-state index >= 15 is 0 Å². The lowest BCUT2D eigenvalue weighted by atomic mass is 10.2. The maximum atomic E-state index is 12.7. The summed E-state index contributed by atoms with van der Waals surface area (Å²) in [6.07, 6.45) is 0. The first-order valence-corrected chi connectivity index (χ1v) is 13.0. The molecule has 0 aromatic heterocycles. The third-order valence-corrected chi connectivity index (χ3v) is 7.46. The molecule has 0 fully saturated rings. The van der Waals surface area contributed by atoms with E-state index in [1.165, 1.54) is 24.3 Å². The van der Waals surface area contributed by atoms with Crippen molar-refractivity contribution in [2.75, 3.05) is 19.8 Å². The Labute approximate surface area is 185 Å². The van der Waals surface area contributed by atoms with Crippen molar-refractivity contribution in [2.24, 2.45) is 0 Å². The molecule has 0 saturated carbocycles. The van der Waals surface area contributed by atoms with Crippen molar-refractivity contribution >= 4 is 20.0 Å². The SMILES string of the molecule is CCOc1ccc(S(=O)(=O)NC[C@@H](C)NS(=O)(=O)c2ccc(OCC)c(C)c2)cc1C. The molecule has 0 unspecified atom stereocenters. The minimum absolute atomic E-state index is 0.0882. The van der Waals surface area contributed by atoms with Crippen LogP contribution < -0.4 is 18.9 Å². The summed E-state index contributed by atoms with van der Waals surface area (Å²) in [6.45, 7) is 9.67. The Morgan fingerprint density at radius 2 is 1.26 bits per heavy atom. The maximum Gasteiger partial charge on any atom is 0.240 e. The summed E-state index contributed by atoms with van der Waals surface area (Å²) in [4.78, 5) is 0.177. The van der Waals surface area contributed by atoms with Crippen LogP contribution in [0.2, 0.25) is 0 Å². The van der Waals surface area contributed by atoms with Gasteiger partial charge in [-0.25, -0.2) is 26.3 Å². The van der Waals surface area contributed by atoms with Crippen molar-refractivity contribution < 1.29 is 26.3 Å². The molecule has 0 aliphatic rings. The molecule has 0 aliphatic carbocycles. The molecule has 0 heterocycles. The number of hydrogen-bond donors (Lipinski definition) is 2. The molecule has 2 N–H and O–H groups in total. The Bertz CT molecular complexity index is 1110. The molecular weight excluding hydrogens is 440 g/mol. The quantitative estimate of drug-likeness (QED) is 0.522. The number of sulfonamides is 2. The molecule has 172 valence electrons. The molecule has 0 aliphatic heterocycles. The highest BCUT2D eigenvalue weighted by Gasteiger charge is 2.21. The van der Waals surface area contributed by atoms with Crippen molar-refractivity contribution in [3.05, 3.63) is 47.5 Å². The predicted octanol–water partition coefficient (Wildman–Crippen LogP) is 2.75. The van der Waals surface area contributed by atoms with Gasteiger partial charge in [0.2, 0.25) is 20.0 Å². The summed E-state index contributed by atoms with van der Waals surface area (Å²) in [5.41, 5.74) is 1.40. The molecule has 0 bridgehead atoms. The summed E-state index contributed by atoms with van der Waals surface area (Å²) in [6, 6.07) is 8.49. The van der Waals surface area contributed by atoms with Gasteiger partial charge in [0.25, 0.3) is 0 Å². The van der Waals surface area contributed by atoms with Crippen LogP contribution in [0.5, 0.6) is 11.5 Å². The first-order chi connectivity index (χ1) is 14.5. The van der Waals surface area contributed by atoms with Crippen LogP contribution in [0, 0.1) is 13.8 Å². The second-order valence-electron chi connectivity index (χ2n) is 7.09. The van der Waals surface area contributed by atoms with Gasteiger partial charge in [-0.05, 0) is 82.1 Å². The first-order valence-electron chi connectivity index (χ1n) is 9.99. The van der Waals surface area contributed by atoms with Crippen LogP contribution in [0.4, 0.5) is 0 Å². The molecule has 10 heteroatoms. The largest absolute Gasteiger partial charge is 0.494 e. The summed E-state index contributed by atoms with van der Waals surface area (Å²) < 4.78 is 66.3. The van der Waals surface area contributed by atoms with Crippen molar-refractivity contribution in [3.63, 3.8) is 0 Å². The van der Waals surface area contributed by atoms with Gasteiger partial charge in [-0.15, -0.1) is 0 Å². The van der Waals surface area contributed by atoms with E-state index in [0.717, 1.165) is 0 Å². The zero-order valence-electron chi connectivity index (χ0n) is 18.4. The van der Waals surface area contributed by atoms with Crippen LogP contribution in [0.1, 0.15) is 31.9 Å². The fourth-order valence-electron chi connectivity index (χ4n) is 2.91. The van der Waals surface area contributed by atoms with Crippen LogP contribution in [0.15, 0.2) is 46.2 Å². The lowest BCUT2D eigenvalue weighted by Gasteiger charge is -2.16. The summed E-state index contributed by atoms with van der Waals surface area (Å²) >= 11 is 0. The summed E-state index contributed by atoms with van der Waals surface area (Å²) in [5, 5.41) is 0. The van der Waals surface area contributed by atoms with Crippen LogP contribution in [-0.4, -0.2) is 42.6 Å². The Morgan fingerprint density at radius 3 is 1.68 bits per heavy atom. The number of aryl methyl sites for hydroxylation is 2. The second-order valence-corrected chi connectivity index (χ2v) is 10.6. The van der Waals surface area contributed by atoms with Crippen LogP contribution in [0.25, 0.3) is 0 Å². The highest BCUT2D eigenvalue weighted by Crippen LogP contribution is 2.23. The van der Waals surface area contributed by atoms with Crippen molar-refractivity contribution in [2.45, 2.75) is 50.5 Å². The minimum Gasteiger partial charge on any atom is -0.494 e. The average molecular weight is 471 g/mol. The third-order valence-electron chi connectivity index (χ3n) is 4.45. The number of nitrogens with one attached hydrogen (secondary N) is 2. The normalized spacial score (nSPS) is 13.1. The molecule has 8 nitrogen and oxygen atoms in total. The maximum absolute atomic E-state index is 12.7. The third kappa shape index (κ3) is 6.67. The fourth-order valence-corrected chi connectivity index (χ4v) is 5.45. The highest BCUT2D eigenvalue weighted by molar-refractivity contribution is 7.90. The van der Waals surface area contributed by atoms with Crippen molar-refractivity contribution in [3.8, 4) is 11.5 Å². The molecule has 1 atom stereocenters. The Morgan fingerprint density at radius 1 is 0.806 bits per heavy atom. The molecule has 0 saturated heterocycles. The van der Waals surface area contributed by atoms with Gasteiger partial charge < -0.3 is 9.47 Å². The van der Waals surface area contributed by atoms with E-state index in [-0.39, 0.29) is 16.3 Å². The monoisotopic (exact) mass is 470 g/mol. The molecule has 0 amide bonds. The smallest absolute Gasteiger partial charge is 0.240 e. The minimum atomic E-state index is -3.82. The van der Waals surface area contributed by atoms with Crippen molar-refractivity contribution in [1.29, 1.82) is 0 Å². The van der Waals surface area contributed by atoms with E-state index in [1.54, 1.807) is 32.9 Å². The zero-order valence-corrected chi connectivity index (χ0v) is 20.1. The Kier molecular flexibility index (Phi) is 8.47. The topological polar surface area (TPSA) is 111 Å². The van der Waals surface area contributed by atoms with Crippen LogP contribution >= 0.6 is 0 Å². The van der Waals surface area contributed by atoms with Gasteiger partial charge in [0.1, 0.15) is 11.5 Å². The van der Waals surface area contributed by atoms with Gasteiger partial charge in [-0.1, -0.05) is 0 Å². The lowest BCUT2D eigenvalue weighted by Crippen LogP contribution is -2.41. The molecular formula is C21H30N2O6S2. The first kappa shape index (κ1) is 25.1. The zero-order chi connectivity index (χ0) is 23.2. The molecule has 2 aromatic carbocycles.